The molecule has 0 spiro atoms. The maximum atomic E-state index is 2.47. The highest BCUT2D eigenvalue weighted by Crippen LogP contribution is 2.56. The summed E-state index contributed by atoms with van der Waals surface area (Å²) >= 11 is 2.46. The van der Waals surface area contributed by atoms with E-state index in [1.807, 2.05) is 0 Å². The van der Waals surface area contributed by atoms with E-state index in [1.54, 1.807) is 5.57 Å². The van der Waals surface area contributed by atoms with Gasteiger partial charge >= 0.3 is 0 Å². The van der Waals surface area contributed by atoms with Gasteiger partial charge in [-0.1, -0.05) is 79.3 Å². The quantitative estimate of drug-likeness (QED) is 0.389. The van der Waals surface area contributed by atoms with Crippen LogP contribution in [0.5, 0.6) is 0 Å². The molecule has 0 heterocycles. The molecular formula is C15H21I. The van der Waals surface area contributed by atoms with Crippen LogP contribution in [0, 0.1) is 23.2 Å². The Kier molecular flexibility index (Phi) is 3.62. The summed E-state index contributed by atoms with van der Waals surface area (Å²) in [5, 5.41) is 0. The number of allylic oxidation sites excluding steroid dienone is 6. The first-order valence-electron chi connectivity index (χ1n) is 6.24. The van der Waals surface area contributed by atoms with Crippen LogP contribution in [0.15, 0.2) is 36.0 Å². The largest absolute Gasteiger partial charge is 0.0818 e. The van der Waals surface area contributed by atoms with Gasteiger partial charge < -0.3 is 0 Å². The lowest BCUT2D eigenvalue weighted by atomic mass is 9.75. The monoisotopic (exact) mass is 328 g/mol. The maximum Gasteiger partial charge on any atom is 0.0178 e. The van der Waals surface area contributed by atoms with E-state index in [1.165, 1.54) is 6.42 Å². The molecule has 0 bridgehead atoms. The Morgan fingerprint density at radius 2 is 2.00 bits per heavy atom. The normalized spacial score (nSPS) is 38.0. The predicted molar refractivity (Wildman–Crippen MR) is 79.8 cm³/mol. The minimum absolute atomic E-state index is 0.345. The van der Waals surface area contributed by atoms with Gasteiger partial charge in [0.15, 0.2) is 0 Å². The Balaban J connectivity index is 2.43. The van der Waals surface area contributed by atoms with Gasteiger partial charge in [-0.2, -0.15) is 0 Å². The molecule has 2 rings (SSSR count). The molecule has 3 atom stereocenters. The minimum Gasteiger partial charge on any atom is -0.0818 e. The molecule has 0 aromatic heterocycles. The Hall–Kier alpha value is -0.0500. The highest BCUT2D eigenvalue weighted by Gasteiger charge is 2.48. The average Bonchev–Trinajstić information content (AvgIpc) is 2.49. The van der Waals surface area contributed by atoms with Crippen LogP contribution in [0.1, 0.15) is 27.2 Å². The fourth-order valence-corrected chi connectivity index (χ4v) is 4.07. The molecule has 0 aliphatic heterocycles. The van der Waals surface area contributed by atoms with E-state index in [9.17, 15) is 0 Å². The van der Waals surface area contributed by atoms with Crippen LogP contribution in [0.3, 0.4) is 0 Å². The van der Waals surface area contributed by atoms with E-state index in [0.29, 0.717) is 11.3 Å². The van der Waals surface area contributed by atoms with Gasteiger partial charge in [0.25, 0.3) is 0 Å². The van der Waals surface area contributed by atoms with E-state index in [4.69, 9.17) is 0 Å². The third kappa shape index (κ3) is 1.81. The Morgan fingerprint density at radius 3 is 2.62 bits per heavy atom. The first-order valence-corrected chi connectivity index (χ1v) is 7.77. The van der Waals surface area contributed by atoms with Crippen LogP contribution in [0.2, 0.25) is 0 Å². The molecule has 1 fully saturated rings. The van der Waals surface area contributed by atoms with Crippen molar-refractivity contribution in [2.45, 2.75) is 27.2 Å². The van der Waals surface area contributed by atoms with Gasteiger partial charge in [0.1, 0.15) is 0 Å². The number of rotatable bonds is 2. The van der Waals surface area contributed by atoms with Gasteiger partial charge in [0.2, 0.25) is 0 Å². The number of hydrogen-bond donors (Lipinski definition) is 0. The fraction of sp³-hybridized carbons (Fsp3) is 0.600. The molecular weight excluding hydrogens is 307 g/mol. The lowest BCUT2D eigenvalue weighted by molar-refractivity contribution is 0.319. The van der Waals surface area contributed by atoms with E-state index >= 15 is 0 Å². The molecule has 2 aliphatic carbocycles. The Labute approximate surface area is 113 Å². The molecule has 1 heteroatoms. The zero-order valence-corrected chi connectivity index (χ0v) is 12.6. The van der Waals surface area contributed by atoms with E-state index in [-0.39, 0.29) is 0 Å². The first-order chi connectivity index (χ1) is 7.62. The molecule has 1 saturated carbocycles. The molecule has 0 aromatic rings. The van der Waals surface area contributed by atoms with Crippen molar-refractivity contribution >= 4 is 22.6 Å². The molecule has 16 heavy (non-hydrogen) atoms. The molecule has 3 unspecified atom stereocenters. The number of fused-ring (bicyclic) bond motifs is 1. The van der Waals surface area contributed by atoms with Gasteiger partial charge in [-0.25, -0.2) is 0 Å². The van der Waals surface area contributed by atoms with Crippen molar-refractivity contribution in [1.82, 2.24) is 0 Å². The summed E-state index contributed by atoms with van der Waals surface area (Å²) in [7, 11) is 0. The molecule has 0 saturated heterocycles. The molecule has 0 nitrogen and oxygen atoms in total. The summed E-state index contributed by atoms with van der Waals surface area (Å²) < 4.78 is 1.14. The molecule has 88 valence electrons. The Morgan fingerprint density at radius 1 is 1.31 bits per heavy atom. The Bertz CT molecular complexity index is 346. The molecule has 0 amide bonds. The summed E-state index contributed by atoms with van der Waals surface area (Å²) in [5.41, 5.74) is 2.04. The molecule has 0 N–H and O–H groups in total. The zero-order valence-electron chi connectivity index (χ0n) is 10.4. The van der Waals surface area contributed by atoms with Gasteiger partial charge in [-0.05, 0) is 29.6 Å². The van der Waals surface area contributed by atoms with Gasteiger partial charge in [0.05, 0.1) is 0 Å². The van der Waals surface area contributed by atoms with Crippen LogP contribution in [0.4, 0.5) is 0 Å². The second-order valence-electron chi connectivity index (χ2n) is 5.42. The van der Waals surface area contributed by atoms with Gasteiger partial charge in [-0.15, -0.1) is 0 Å². The third-order valence-electron chi connectivity index (χ3n) is 4.36. The highest BCUT2D eigenvalue weighted by molar-refractivity contribution is 14.1. The molecule has 0 radical (unpaired) electrons. The maximum absolute atomic E-state index is 2.47. The van der Waals surface area contributed by atoms with Crippen molar-refractivity contribution in [3.63, 3.8) is 0 Å². The zero-order chi connectivity index (χ0) is 11.8. The molecule has 2 aliphatic rings. The summed E-state index contributed by atoms with van der Waals surface area (Å²) in [6.07, 6.45) is 13.0. The van der Waals surface area contributed by atoms with Crippen molar-refractivity contribution in [2.24, 2.45) is 23.2 Å². The standard InChI is InChI=1S/C15H21I/c1-4-11-12-7-5-6-8-13(12)15(2,3)14(11)9-10-16/h5-9,11-13H,4,10H2,1-3H3/b14-9+. The van der Waals surface area contributed by atoms with E-state index in [0.717, 1.165) is 16.3 Å². The van der Waals surface area contributed by atoms with Crippen molar-refractivity contribution in [1.29, 1.82) is 0 Å². The van der Waals surface area contributed by atoms with Crippen molar-refractivity contribution < 1.29 is 0 Å². The van der Waals surface area contributed by atoms with Crippen LogP contribution in [-0.2, 0) is 0 Å². The number of hydrogen-bond acceptors (Lipinski definition) is 0. The van der Waals surface area contributed by atoms with Crippen LogP contribution >= 0.6 is 22.6 Å². The van der Waals surface area contributed by atoms with Crippen LogP contribution in [-0.4, -0.2) is 4.43 Å². The second-order valence-corrected chi connectivity index (χ2v) is 6.30. The van der Waals surface area contributed by atoms with Crippen LogP contribution in [0.25, 0.3) is 0 Å². The summed E-state index contributed by atoms with van der Waals surface area (Å²) in [6.45, 7) is 7.17. The second kappa shape index (κ2) is 4.67. The summed E-state index contributed by atoms with van der Waals surface area (Å²) in [4.78, 5) is 0. The first kappa shape index (κ1) is 12.4. The topological polar surface area (TPSA) is 0 Å². The lowest BCUT2D eigenvalue weighted by Crippen LogP contribution is -2.21. The predicted octanol–water partition coefficient (Wildman–Crippen LogP) is 4.77. The highest BCUT2D eigenvalue weighted by atomic mass is 127. The van der Waals surface area contributed by atoms with E-state index in [2.05, 4.69) is 73.7 Å². The van der Waals surface area contributed by atoms with Gasteiger partial charge in [0, 0.05) is 4.43 Å². The van der Waals surface area contributed by atoms with E-state index < -0.39 is 0 Å². The molecule has 0 aromatic carbocycles. The summed E-state index contributed by atoms with van der Waals surface area (Å²) in [6, 6.07) is 0. The fourth-order valence-electron chi connectivity index (χ4n) is 3.60. The third-order valence-corrected chi connectivity index (χ3v) is 4.80. The average molecular weight is 328 g/mol. The summed E-state index contributed by atoms with van der Waals surface area (Å²) in [5.74, 6) is 2.20. The number of halogens is 1. The SMILES string of the molecule is CCC1/C(=C\CI)C(C)(C)C2C=CC=CC12. The minimum atomic E-state index is 0.345. The van der Waals surface area contributed by atoms with Gasteiger partial charge in [-0.3, -0.25) is 0 Å². The number of alkyl halides is 1. The van der Waals surface area contributed by atoms with Crippen molar-refractivity contribution in [2.75, 3.05) is 4.43 Å². The van der Waals surface area contributed by atoms with Crippen molar-refractivity contribution in [3.05, 3.63) is 36.0 Å². The van der Waals surface area contributed by atoms with Crippen LogP contribution < -0.4 is 0 Å². The van der Waals surface area contributed by atoms with Crippen molar-refractivity contribution in [3.8, 4) is 0 Å². The smallest absolute Gasteiger partial charge is 0.0178 e. The lowest BCUT2D eigenvalue weighted by Gasteiger charge is -2.29.